The Morgan fingerprint density at radius 1 is 1.50 bits per heavy atom. The second-order valence-corrected chi connectivity index (χ2v) is 5.85. The topological polar surface area (TPSA) is 41.1 Å². The Balaban J connectivity index is 2.35. The van der Waals surface area contributed by atoms with Crippen LogP contribution < -0.4 is 10.6 Å². The van der Waals surface area contributed by atoms with Crippen LogP contribution in [0.15, 0.2) is 15.9 Å². The average Bonchev–Trinajstić information content (AvgIpc) is 2.60. The van der Waals surface area contributed by atoms with Gasteiger partial charge in [-0.15, -0.1) is 11.3 Å². The van der Waals surface area contributed by atoms with Gasteiger partial charge in [-0.1, -0.05) is 0 Å². The van der Waals surface area contributed by atoms with E-state index in [2.05, 4.69) is 39.6 Å². The predicted octanol–water partition coefficient (Wildman–Crippen LogP) is 2.69. The minimum atomic E-state index is 0.0393. The molecule has 1 aromatic rings. The van der Waals surface area contributed by atoms with Gasteiger partial charge >= 0.3 is 0 Å². The van der Waals surface area contributed by atoms with Gasteiger partial charge in [-0.3, -0.25) is 4.79 Å². The van der Waals surface area contributed by atoms with Crippen molar-refractivity contribution in [1.29, 1.82) is 0 Å². The summed E-state index contributed by atoms with van der Waals surface area (Å²) in [6.45, 7) is 6.32. The van der Waals surface area contributed by atoms with Gasteiger partial charge in [-0.05, 0) is 42.8 Å². The summed E-state index contributed by atoms with van der Waals surface area (Å²) in [5.74, 6) is 0.0393. The molecule has 0 radical (unpaired) electrons. The van der Waals surface area contributed by atoms with Crippen molar-refractivity contribution in [3.8, 4) is 0 Å². The zero-order chi connectivity index (χ0) is 12.1. The molecule has 0 saturated carbocycles. The lowest BCUT2D eigenvalue weighted by Gasteiger charge is -2.13. The zero-order valence-electron chi connectivity index (χ0n) is 9.71. The van der Waals surface area contributed by atoms with E-state index in [1.807, 2.05) is 19.2 Å². The van der Waals surface area contributed by atoms with E-state index in [1.54, 1.807) is 11.3 Å². The molecular formula is C11H17BrN2OS. The molecule has 0 aliphatic heterocycles. The smallest absolute Gasteiger partial charge is 0.234 e. The Bertz CT molecular complexity index is 352. The number of halogens is 1. The summed E-state index contributed by atoms with van der Waals surface area (Å²) in [7, 11) is 0. The van der Waals surface area contributed by atoms with Gasteiger partial charge in [0.1, 0.15) is 0 Å². The van der Waals surface area contributed by atoms with Gasteiger partial charge in [0.05, 0.1) is 6.54 Å². The molecule has 1 rings (SSSR count). The lowest BCUT2D eigenvalue weighted by Crippen LogP contribution is -2.38. The average molecular weight is 305 g/mol. The van der Waals surface area contributed by atoms with E-state index in [0.29, 0.717) is 6.54 Å². The quantitative estimate of drug-likeness (QED) is 0.878. The minimum absolute atomic E-state index is 0.0393. The summed E-state index contributed by atoms with van der Waals surface area (Å²) in [5.41, 5.74) is 0. The number of rotatable bonds is 5. The summed E-state index contributed by atoms with van der Waals surface area (Å²) in [6.07, 6.45) is 0. The fraction of sp³-hybridized carbons (Fsp3) is 0.545. The van der Waals surface area contributed by atoms with Crippen LogP contribution in [0.2, 0.25) is 0 Å². The van der Waals surface area contributed by atoms with Gasteiger partial charge in [0, 0.05) is 26.8 Å². The van der Waals surface area contributed by atoms with Crippen LogP contribution >= 0.6 is 27.3 Å². The van der Waals surface area contributed by atoms with Crippen molar-refractivity contribution in [3.05, 3.63) is 20.8 Å². The third kappa shape index (κ3) is 4.63. The molecule has 16 heavy (non-hydrogen) atoms. The molecule has 0 saturated heterocycles. The third-order valence-electron chi connectivity index (χ3n) is 2.03. The van der Waals surface area contributed by atoms with E-state index in [1.165, 1.54) is 4.88 Å². The number of nitrogens with one attached hydrogen (secondary N) is 2. The molecule has 0 bridgehead atoms. The van der Waals surface area contributed by atoms with E-state index in [0.717, 1.165) is 4.47 Å². The summed E-state index contributed by atoms with van der Waals surface area (Å²) in [5, 5.41) is 8.09. The van der Waals surface area contributed by atoms with Crippen molar-refractivity contribution >= 4 is 33.2 Å². The van der Waals surface area contributed by atoms with Gasteiger partial charge in [0.2, 0.25) is 5.91 Å². The highest BCUT2D eigenvalue weighted by Crippen LogP contribution is 2.24. The summed E-state index contributed by atoms with van der Waals surface area (Å²) in [6, 6.07) is 2.47. The van der Waals surface area contributed by atoms with Crippen LogP contribution in [0.3, 0.4) is 0 Å². The number of carbonyl (C=O) groups excluding carboxylic acids is 1. The first-order chi connectivity index (χ1) is 7.49. The first kappa shape index (κ1) is 13.7. The zero-order valence-corrected chi connectivity index (χ0v) is 12.1. The summed E-state index contributed by atoms with van der Waals surface area (Å²) < 4.78 is 1.09. The van der Waals surface area contributed by atoms with Crippen molar-refractivity contribution in [3.63, 3.8) is 0 Å². The maximum Gasteiger partial charge on any atom is 0.234 e. The lowest BCUT2D eigenvalue weighted by molar-refractivity contribution is -0.120. The molecule has 90 valence electrons. The van der Waals surface area contributed by atoms with Crippen LogP contribution in [0, 0.1) is 0 Å². The highest BCUT2D eigenvalue weighted by atomic mass is 79.9. The van der Waals surface area contributed by atoms with Gasteiger partial charge in [0.15, 0.2) is 0 Å². The van der Waals surface area contributed by atoms with Gasteiger partial charge in [0.25, 0.3) is 0 Å². The highest BCUT2D eigenvalue weighted by Gasteiger charge is 2.09. The summed E-state index contributed by atoms with van der Waals surface area (Å²) >= 11 is 5.10. The van der Waals surface area contributed by atoms with Crippen molar-refractivity contribution < 1.29 is 4.79 Å². The van der Waals surface area contributed by atoms with Crippen LogP contribution in [-0.4, -0.2) is 18.5 Å². The number of carbonyl (C=O) groups is 1. The van der Waals surface area contributed by atoms with E-state index in [-0.39, 0.29) is 18.0 Å². The van der Waals surface area contributed by atoms with Gasteiger partial charge < -0.3 is 10.6 Å². The Labute approximate surface area is 109 Å². The molecule has 1 aromatic heterocycles. The second kappa shape index (κ2) is 6.37. The second-order valence-electron chi connectivity index (χ2n) is 3.99. The van der Waals surface area contributed by atoms with Crippen molar-refractivity contribution in [2.45, 2.75) is 32.9 Å². The Morgan fingerprint density at radius 3 is 2.69 bits per heavy atom. The molecule has 1 unspecified atom stereocenters. The number of amides is 1. The molecule has 5 heteroatoms. The van der Waals surface area contributed by atoms with E-state index < -0.39 is 0 Å². The standard InChI is InChI=1S/C11H17BrN2OS/c1-7(2)14-11(15)5-13-8(3)10-4-9(12)6-16-10/h4,6-8,13H,5H2,1-3H3,(H,14,15). The molecule has 0 aliphatic rings. The molecule has 0 aliphatic carbocycles. The first-order valence-electron chi connectivity index (χ1n) is 5.25. The van der Waals surface area contributed by atoms with Crippen LogP contribution in [0.1, 0.15) is 31.7 Å². The SMILES string of the molecule is CC(C)NC(=O)CNC(C)c1cc(Br)cs1. The number of hydrogen-bond donors (Lipinski definition) is 2. The van der Waals surface area contributed by atoms with Gasteiger partial charge in [-0.2, -0.15) is 0 Å². The molecule has 1 amide bonds. The highest BCUT2D eigenvalue weighted by molar-refractivity contribution is 9.10. The molecule has 1 atom stereocenters. The first-order valence-corrected chi connectivity index (χ1v) is 6.93. The largest absolute Gasteiger partial charge is 0.353 e. The molecule has 0 fully saturated rings. The third-order valence-corrected chi connectivity index (χ3v) is 3.91. The predicted molar refractivity (Wildman–Crippen MR) is 71.7 cm³/mol. The molecular weight excluding hydrogens is 288 g/mol. The van der Waals surface area contributed by atoms with Crippen molar-refractivity contribution in [2.24, 2.45) is 0 Å². The Hall–Kier alpha value is -0.390. The van der Waals surface area contributed by atoms with E-state index >= 15 is 0 Å². The van der Waals surface area contributed by atoms with E-state index in [4.69, 9.17) is 0 Å². The van der Waals surface area contributed by atoms with Crippen LogP contribution in [0.25, 0.3) is 0 Å². The Morgan fingerprint density at radius 2 is 2.19 bits per heavy atom. The minimum Gasteiger partial charge on any atom is -0.353 e. The van der Waals surface area contributed by atoms with Crippen molar-refractivity contribution in [2.75, 3.05) is 6.54 Å². The lowest BCUT2D eigenvalue weighted by atomic mass is 10.3. The Kier molecular flexibility index (Phi) is 5.44. The number of hydrogen-bond acceptors (Lipinski definition) is 3. The molecule has 0 aromatic carbocycles. The van der Waals surface area contributed by atoms with Crippen LogP contribution in [0.5, 0.6) is 0 Å². The molecule has 0 spiro atoms. The fourth-order valence-electron chi connectivity index (χ4n) is 1.27. The normalized spacial score (nSPS) is 12.8. The van der Waals surface area contributed by atoms with Crippen molar-refractivity contribution in [1.82, 2.24) is 10.6 Å². The maximum atomic E-state index is 11.4. The summed E-state index contributed by atoms with van der Waals surface area (Å²) in [4.78, 5) is 12.6. The van der Waals surface area contributed by atoms with E-state index in [9.17, 15) is 4.79 Å². The number of thiophene rings is 1. The monoisotopic (exact) mass is 304 g/mol. The fourth-order valence-corrected chi connectivity index (χ4v) is 2.75. The van der Waals surface area contributed by atoms with Crippen LogP contribution in [0.4, 0.5) is 0 Å². The molecule has 2 N–H and O–H groups in total. The molecule has 1 heterocycles. The van der Waals surface area contributed by atoms with Crippen LogP contribution in [-0.2, 0) is 4.79 Å². The molecule has 3 nitrogen and oxygen atoms in total. The maximum absolute atomic E-state index is 11.4. The van der Waals surface area contributed by atoms with Gasteiger partial charge in [-0.25, -0.2) is 0 Å².